The average Bonchev–Trinajstić information content (AvgIpc) is 2.68. The van der Waals surface area contributed by atoms with Crippen LogP contribution in [-0.2, 0) is 15.7 Å². The maximum absolute atomic E-state index is 6.37. The molecule has 2 heterocycles. The fraction of sp³-hybridized carbons (Fsp3) is 0.545. The summed E-state index contributed by atoms with van der Waals surface area (Å²) in [4.78, 5) is 2.31. The Morgan fingerprint density at radius 2 is 1.79 bits per heavy atom. The zero-order valence-corrected chi connectivity index (χ0v) is 18.9. The third-order valence-corrected chi connectivity index (χ3v) is 10.4. The Morgan fingerprint density at radius 3 is 2.43 bits per heavy atom. The summed E-state index contributed by atoms with van der Waals surface area (Å²) in [6.45, 7) is 16.1. The van der Waals surface area contributed by atoms with E-state index in [1.165, 1.54) is 11.1 Å². The number of nitrogens with zero attached hydrogens (tertiary/aromatic N) is 3. The van der Waals surface area contributed by atoms with Gasteiger partial charge in [-0.15, -0.1) is 0 Å². The quantitative estimate of drug-likeness (QED) is 0.545. The van der Waals surface area contributed by atoms with Gasteiger partial charge in [-0.3, -0.25) is 0 Å². The van der Waals surface area contributed by atoms with Crippen LogP contribution in [0.1, 0.15) is 20.8 Å². The molecule has 0 spiro atoms. The molecule has 5 nitrogen and oxygen atoms in total. The Kier molecular flexibility index (Phi) is 6.53. The van der Waals surface area contributed by atoms with Gasteiger partial charge >= 0.3 is 0 Å². The predicted molar refractivity (Wildman–Crippen MR) is 116 cm³/mol. The maximum atomic E-state index is 6.37. The van der Waals surface area contributed by atoms with E-state index in [9.17, 15) is 0 Å². The van der Waals surface area contributed by atoms with Crippen LogP contribution in [0.4, 0.5) is 5.82 Å². The first-order valence-corrected chi connectivity index (χ1v) is 13.1. The Labute approximate surface area is 170 Å². The van der Waals surface area contributed by atoms with Crippen LogP contribution in [0.2, 0.25) is 18.1 Å². The molecule has 1 aliphatic rings. The van der Waals surface area contributed by atoms with Crippen molar-refractivity contribution in [3.63, 3.8) is 0 Å². The first-order chi connectivity index (χ1) is 13.3. The van der Waals surface area contributed by atoms with Gasteiger partial charge in [0.05, 0.1) is 25.4 Å². The highest BCUT2D eigenvalue weighted by Gasteiger charge is 2.37. The number of hydrogen-bond donors (Lipinski definition) is 0. The van der Waals surface area contributed by atoms with Crippen LogP contribution < -0.4 is 9.58 Å². The third-order valence-electron chi connectivity index (χ3n) is 5.84. The largest absolute Gasteiger partial charge is 0.410 e. The van der Waals surface area contributed by atoms with E-state index < -0.39 is 8.32 Å². The SMILES string of the molecule is CC(C)(C)[Si](C)(C)OCC[n+]1cc(-c2ccccc2)cc(N2CCOCC2)n1. The van der Waals surface area contributed by atoms with Crippen LogP contribution >= 0.6 is 0 Å². The molecule has 1 aromatic heterocycles. The molecule has 152 valence electrons. The maximum Gasteiger partial charge on any atom is 0.204 e. The van der Waals surface area contributed by atoms with Gasteiger partial charge in [0.25, 0.3) is 0 Å². The average molecular weight is 401 g/mol. The van der Waals surface area contributed by atoms with Gasteiger partial charge in [0.15, 0.2) is 20.7 Å². The lowest BCUT2D eigenvalue weighted by Gasteiger charge is -2.35. The van der Waals surface area contributed by atoms with Crippen molar-refractivity contribution in [1.29, 1.82) is 0 Å². The molecule has 0 radical (unpaired) electrons. The Balaban J connectivity index is 1.81. The molecule has 0 N–H and O–H groups in total. The van der Waals surface area contributed by atoms with E-state index in [0.29, 0.717) is 6.61 Å². The Morgan fingerprint density at radius 1 is 1.11 bits per heavy atom. The third kappa shape index (κ3) is 5.19. The molecule has 0 saturated carbocycles. The monoisotopic (exact) mass is 400 g/mol. The van der Waals surface area contributed by atoms with Crippen molar-refractivity contribution in [1.82, 2.24) is 5.10 Å². The molecule has 3 rings (SSSR count). The second kappa shape index (κ2) is 8.72. The molecule has 0 aliphatic carbocycles. The highest BCUT2D eigenvalue weighted by atomic mass is 28.4. The standard InChI is InChI=1S/C22H34N3O2Si/c1-22(2,3)28(4,5)27-16-13-25-18-20(19-9-7-6-8-10-19)17-21(23-25)24-11-14-26-15-12-24/h6-10,17-18H,11-16H2,1-5H3/q+1. The molecule has 1 saturated heterocycles. The zero-order valence-electron chi connectivity index (χ0n) is 17.9. The minimum absolute atomic E-state index is 0.218. The molecule has 0 atom stereocenters. The van der Waals surface area contributed by atoms with Crippen LogP contribution in [0, 0.1) is 0 Å². The van der Waals surface area contributed by atoms with Crippen LogP contribution in [0.3, 0.4) is 0 Å². The zero-order chi connectivity index (χ0) is 20.2. The number of benzene rings is 1. The fourth-order valence-corrected chi connectivity index (χ4v) is 4.02. The van der Waals surface area contributed by atoms with Crippen molar-refractivity contribution < 1.29 is 13.8 Å². The summed E-state index contributed by atoms with van der Waals surface area (Å²) in [5.74, 6) is 1.01. The minimum atomic E-state index is -1.75. The smallest absolute Gasteiger partial charge is 0.204 e. The van der Waals surface area contributed by atoms with Crippen molar-refractivity contribution in [3.05, 3.63) is 42.6 Å². The van der Waals surface area contributed by atoms with E-state index in [-0.39, 0.29) is 5.04 Å². The van der Waals surface area contributed by atoms with Gasteiger partial charge < -0.3 is 14.1 Å². The van der Waals surface area contributed by atoms with Gasteiger partial charge in [-0.25, -0.2) is 0 Å². The van der Waals surface area contributed by atoms with Crippen LogP contribution in [0.15, 0.2) is 42.6 Å². The molecule has 6 heteroatoms. The van der Waals surface area contributed by atoms with E-state index in [4.69, 9.17) is 14.3 Å². The molecular formula is C22H34N3O2Si+. The highest BCUT2D eigenvalue weighted by molar-refractivity contribution is 6.74. The molecule has 0 bridgehead atoms. The van der Waals surface area contributed by atoms with E-state index in [0.717, 1.165) is 38.7 Å². The fourth-order valence-electron chi connectivity index (χ4n) is 2.99. The molecule has 0 unspecified atom stereocenters. The van der Waals surface area contributed by atoms with Crippen LogP contribution in [-0.4, -0.2) is 46.3 Å². The summed E-state index contributed by atoms with van der Waals surface area (Å²) < 4.78 is 13.9. The molecule has 2 aromatic rings. The molecule has 1 fully saturated rings. The summed E-state index contributed by atoms with van der Waals surface area (Å²) in [6.07, 6.45) is 2.13. The number of rotatable bonds is 6. The second-order valence-corrected chi connectivity index (χ2v) is 13.7. The Bertz CT molecular complexity index is 769. The summed E-state index contributed by atoms with van der Waals surface area (Å²) in [6, 6.07) is 12.7. The van der Waals surface area contributed by atoms with Gasteiger partial charge in [-0.2, -0.15) is 0 Å². The lowest BCUT2D eigenvalue weighted by atomic mass is 10.1. The molecule has 28 heavy (non-hydrogen) atoms. The van der Waals surface area contributed by atoms with Gasteiger partial charge in [-0.1, -0.05) is 55.8 Å². The summed E-state index contributed by atoms with van der Waals surface area (Å²) in [7, 11) is -1.75. The van der Waals surface area contributed by atoms with E-state index in [1.54, 1.807) is 0 Å². The number of hydrogen-bond acceptors (Lipinski definition) is 4. The summed E-state index contributed by atoms with van der Waals surface area (Å²) in [5, 5.41) is 5.11. The van der Waals surface area contributed by atoms with Gasteiger partial charge in [0.2, 0.25) is 6.20 Å². The van der Waals surface area contributed by atoms with E-state index in [2.05, 4.69) is 81.4 Å². The van der Waals surface area contributed by atoms with E-state index in [1.807, 2.05) is 4.68 Å². The lowest BCUT2D eigenvalue weighted by Crippen LogP contribution is -2.47. The highest BCUT2D eigenvalue weighted by Crippen LogP contribution is 2.36. The normalized spacial score (nSPS) is 15.7. The Hall–Kier alpha value is -1.76. The van der Waals surface area contributed by atoms with E-state index >= 15 is 0 Å². The molecule has 1 aliphatic heterocycles. The van der Waals surface area contributed by atoms with Crippen molar-refractivity contribution in [3.8, 4) is 11.1 Å². The van der Waals surface area contributed by atoms with Gasteiger partial charge in [0, 0.05) is 24.3 Å². The van der Waals surface area contributed by atoms with Crippen molar-refractivity contribution >= 4 is 14.1 Å². The van der Waals surface area contributed by atoms with Crippen molar-refractivity contribution in [2.75, 3.05) is 37.8 Å². The lowest BCUT2D eigenvalue weighted by molar-refractivity contribution is -0.752. The summed E-state index contributed by atoms with van der Waals surface area (Å²) >= 11 is 0. The predicted octanol–water partition coefficient (Wildman–Crippen LogP) is 3.89. The summed E-state index contributed by atoms with van der Waals surface area (Å²) in [5.41, 5.74) is 2.39. The first kappa shape index (κ1) is 21.0. The molecule has 1 aromatic carbocycles. The number of morpholine rings is 1. The van der Waals surface area contributed by atoms with Gasteiger partial charge in [0.1, 0.15) is 0 Å². The van der Waals surface area contributed by atoms with Crippen LogP contribution in [0.25, 0.3) is 11.1 Å². The second-order valence-electron chi connectivity index (χ2n) is 8.92. The number of anilines is 1. The number of ether oxygens (including phenoxy) is 1. The van der Waals surface area contributed by atoms with Crippen molar-refractivity contribution in [2.24, 2.45) is 0 Å². The van der Waals surface area contributed by atoms with Gasteiger partial charge in [-0.05, 0) is 23.7 Å². The molecule has 0 amide bonds. The first-order valence-electron chi connectivity index (χ1n) is 10.2. The minimum Gasteiger partial charge on any atom is -0.410 e. The number of aromatic nitrogens is 2. The van der Waals surface area contributed by atoms with Crippen LogP contribution in [0.5, 0.6) is 0 Å². The molecular weight excluding hydrogens is 366 g/mol. The topological polar surface area (TPSA) is 38.5 Å². The van der Waals surface area contributed by atoms with Crippen molar-refractivity contribution in [2.45, 2.75) is 45.4 Å².